The summed E-state index contributed by atoms with van der Waals surface area (Å²) in [6.45, 7) is 1.26. The molecule has 12 heteroatoms. The number of hydrogen-bond donors (Lipinski definition) is 7. The van der Waals surface area contributed by atoms with E-state index in [2.05, 4.69) is 20.6 Å². The van der Waals surface area contributed by atoms with Crippen LogP contribution in [0, 0.1) is 0 Å². The molecule has 1 heterocycles. The molecule has 0 spiro atoms. The minimum Gasteiger partial charge on any atom is -0.481 e. The van der Waals surface area contributed by atoms with Crippen LogP contribution in [0.2, 0.25) is 0 Å². The van der Waals surface area contributed by atoms with E-state index in [0.717, 1.165) is 0 Å². The van der Waals surface area contributed by atoms with Crippen LogP contribution in [0.4, 0.5) is 0 Å². The van der Waals surface area contributed by atoms with Gasteiger partial charge in [-0.15, -0.1) is 0 Å². The number of primary amides is 1. The summed E-state index contributed by atoms with van der Waals surface area (Å²) < 4.78 is 0. The number of nitrogens with two attached hydrogens (primary N) is 2. The number of carbonyl (C=O) groups is 4. The number of nitrogens with one attached hydrogen (secondary N) is 3. The zero-order valence-corrected chi connectivity index (χ0v) is 14.7. The van der Waals surface area contributed by atoms with Crippen LogP contribution < -0.4 is 22.1 Å². The summed E-state index contributed by atoms with van der Waals surface area (Å²) in [5.74, 6) is -3.59. The van der Waals surface area contributed by atoms with E-state index in [9.17, 15) is 24.3 Å². The Kier molecular flexibility index (Phi) is 8.35. The Balaban J connectivity index is 2.74. The molecular weight excluding hydrogens is 360 g/mol. The van der Waals surface area contributed by atoms with Crippen molar-refractivity contribution in [1.29, 1.82) is 0 Å². The Morgan fingerprint density at radius 3 is 2.41 bits per heavy atom. The second-order valence-electron chi connectivity index (χ2n) is 5.99. The molecule has 0 fully saturated rings. The molecule has 27 heavy (non-hydrogen) atoms. The Morgan fingerprint density at radius 2 is 1.93 bits per heavy atom. The molecule has 0 aliphatic carbocycles. The number of nitrogens with zero attached hydrogens (tertiary/aromatic N) is 1. The lowest BCUT2D eigenvalue weighted by atomic mass is 10.1. The fourth-order valence-corrected chi connectivity index (χ4v) is 2.17. The van der Waals surface area contributed by atoms with Crippen molar-refractivity contribution in [2.45, 2.75) is 50.4 Å². The van der Waals surface area contributed by atoms with Crippen LogP contribution in [-0.4, -0.2) is 68.1 Å². The predicted molar refractivity (Wildman–Crippen MR) is 91.9 cm³/mol. The highest BCUT2D eigenvalue weighted by Crippen LogP contribution is 2.02. The lowest BCUT2D eigenvalue weighted by Crippen LogP contribution is -2.59. The number of carbonyl (C=O) groups excluding carboxylic acids is 3. The van der Waals surface area contributed by atoms with Crippen molar-refractivity contribution in [3.8, 4) is 0 Å². The van der Waals surface area contributed by atoms with E-state index in [-0.39, 0.29) is 19.3 Å². The van der Waals surface area contributed by atoms with Gasteiger partial charge in [0.2, 0.25) is 17.7 Å². The second kappa shape index (κ2) is 10.2. The maximum Gasteiger partial charge on any atom is 0.303 e. The topological polar surface area (TPSA) is 214 Å². The average Bonchev–Trinajstić information content (AvgIpc) is 3.09. The highest BCUT2D eigenvalue weighted by atomic mass is 16.4. The van der Waals surface area contributed by atoms with E-state index >= 15 is 0 Å². The molecule has 0 aliphatic heterocycles. The molecule has 4 atom stereocenters. The van der Waals surface area contributed by atoms with Gasteiger partial charge in [0.05, 0.1) is 24.2 Å². The molecule has 3 amide bonds. The number of amides is 3. The standard InChI is InChI=1S/C15H24N6O6/c1-7(22)12(21-14(26)9(16)2-3-11(23)24)15(27)20-10(13(17)25)4-8-5-18-6-19-8/h5-7,9-10,12,22H,2-4,16H2,1H3,(H2,17,25)(H,18,19)(H,20,27)(H,21,26)(H,23,24)/t7-,9+,10+,12+/m1/s1. The van der Waals surface area contributed by atoms with Crippen LogP contribution in [0.25, 0.3) is 0 Å². The van der Waals surface area contributed by atoms with Crippen LogP contribution in [0.1, 0.15) is 25.5 Å². The minimum atomic E-state index is -1.41. The summed E-state index contributed by atoms with van der Waals surface area (Å²) in [4.78, 5) is 53.2. The summed E-state index contributed by atoms with van der Waals surface area (Å²) in [5.41, 5.74) is 11.3. The third kappa shape index (κ3) is 7.42. The Hall–Kier alpha value is -2.99. The van der Waals surface area contributed by atoms with Gasteiger partial charge in [0.1, 0.15) is 12.1 Å². The molecule has 150 valence electrons. The quantitative estimate of drug-likeness (QED) is 0.208. The molecule has 1 aromatic heterocycles. The molecule has 0 bridgehead atoms. The monoisotopic (exact) mass is 384 g/mol. The molecule has 0 aromatic carbocycles. The van der Waals surface area contributed by atoms with Crippen molar-refractivity contribution < 1.29 is 29.4 Å². The Morgan fingerprint density at radius 1 is 1.26 bits per heavy atom. The number of aliphatic hydroxyl groups excluding tert-OH is 1. The molecule has 0 unspecified atom stereocenters. The molecule has 1 rings (SSSR count). The first kappa shape index (κ1) is 22.1. The van der Waals surface area contributed by atoms with Crippen molar-refractivity contribution in [3.63, 3.8) is 0 Å². The summed E-state index contributed by atoms with van der Waals surface area (Å²) in [7, 11) is 0. The highest BCUT2D eigenvalue weighted by Gasteiger charge is 2.30. The lowest BCUT2D eigenvalue weighted by Gasteiger charge is -2.24. The maximum absolute atomic E-state index is 12.4. The molecule has 9 N–H and O–H groups in total. The van der Waals surface area contributed by atoms with Crippen molar-refractivity contribution in [2.75, 3.05) is 0 Å². The van der Waals surface area contributed by atoms with E-state index in [4.69, 9.17) is 16.6 Å². The van der Waals surface area contributed by atoms with Gasteiger partial charge < -0.3 is 37.3 Å². The number of aliphatic carboxylic acids is 1. The van der Waals surface area contributed by atoms with E-state index in [1.165, 1.54) is 19.4 Å². The lowest BCUT2D eigenvalue weighted by molar-refractivity contribution is -0.137. The summed E-state index contributed by atoms with van der Waals surface area (Å²) in [6.07, 6.45) is 1.17. The van der Waals surface area contributed by atoms with Gasteiger partial charge in [0, 0.05) is 19.0 Å². The SMILES string of the molecule is C[C@@H](O)[C@H](NC(=O)[C@@H](N)CCC(=O)O)C(=O)N[C@@H](Cc1c[nH]cn1)C(N)=O. The third-order valence-corrected chi connectivity index (χ3v) is 3.70. The predicted octanol–water partition coefficient (Wildman–Crippen LogP) is -3.02. The van der Waals surface area contributed by atoms with Gasteiger partial charge in [-0.3, -0.25) is 19.2 Å². The fourth-order valence-electron chi connectivity index (χ4n) is 2.17. The second-order valence-corrected chi connectivity index (χ2v) is 5.99. The van der Waals surface area contributed by atoms with E-state index in [0.29, 0.717) is 5.69 Å². The normalized spacial score (nSPS) is 15.2. The molecule has 12 nitrogen and oxygen atoms in total. The van der Waals surface area contributed by atoms with Crippen molar-refractivity contribution in [2.24, 2.45) is 11.5 Å². The van der Waals surface area contributed by atoms with Crippen LogP contribution in [-0.2, 0) is 25.6 Å². The number of aliphatic hydroxyl groups is 1. The van der Waals surface area contributed by atoms with Crippen LogP contribution in [0.15, 0.2) is 12.5 Å². The summed E-state index contributed by atoms with van der Waals surface area (Å²) >= 11 is 0. The zero-order valence-electron chi connectivity index (χ0n) is 14.7. The van der Waals surface area contributed by atoms with E-state index < -0.39 is 47.9 Å². The van der Waals surface area contributed by atoms with Gasteiger partial charge in [-0.05, 0) is 13.3 Å². The van der Waals surface area contributed by atoms with Crippen LogP contribution >= 0.6 is 0 Å². The van der Waals surface area contributed by atoms with Gasteiger partial charge in [0.15, 0.2) is 0 Å². The van der Waals surface area contributed by atoms with Crippen LogP contribution in [0.3, 0.4) is 0 Å². The molecular formula is C15H24N6O6. The molecule has 0 aliphatic rings. The van der Waals surface area contributed by atoms with Crippen molar-refractivity contribution >= 4 is 23.7 Å². The number of imidazole rings is 1. The first-order chi connectivity index (χ1) is 12.6. The van der Waals surface area contributed by atoms with Gasteiger partial charge >= 0.3 is 5.97 Å². The number of rotatable bonds is 11. The number of hydrogen-bond acceptors (Lipinski definition) is 7. The zero-order chi connectivity index (χ0) is 20.6. The number of H-pyrrole nitrogens is 1. The first-order valence-electron chi connectivity index (χ1n) is 8.15. The van der Waals surface area contributed by atoms with Gasteiger partial charge in [0.25, 0.3) is 0 Å². The Bertz CT molecular complexity index is 662. The third-order valence-electron chi connectivity index (χ3n) is 3.70. The maximum atomic E-state index is 12.4. The van der Waals surface area contributed by atoms with Gasteiger partial charge in [-0.25, -0.2) is 4.98 Å². The molecule has 0 radical (unpaired) electrons. The van der Waals surface area contributed by atoms with E-state index in [1.807, 2.05) is 0 Å². The molecule has 0 saturated heterocycles. The molecule has 1 aromatic rings. The Labute approximate surface area is 154 Å². The first-order valence-corrected chi connectivity index (χ1v) is 8.15. The number of aromatic amines is 1. The molecule has 0 saturated carbocycles. The summed E-state index contributed by atoms with van der Waals surface area (Å²) in [5, 5.41) is 23.0. The smallest absolute Gasteiger partial charge is 0.303 e. The largest absolute Gasteiger partial charge is 0.481 e. The van der Waals surface area contributed by atoms with Crippen molar-refractivity contribution in [1.82, 2.24) is 20.6 Å². The van der Waals surface area contributed by atoms with Gasteiger partial charge in [-0.1, -0.05) is 0 Å². The number of aromatic nitrogens is 2. The fraction of sp³-hybridized carbons (Fsp3) is 0.533. The average molecular weight is 384 g/mol. The number of carboxylic acids is 1. The van der Waals surface area contributed by atoms with Crippen LogP contribution in [0.5, 0.6) is 0 Å². The summed E-state index contributed by atoms with van der Waals surface area (Å²) in [6, 6.07) is -3.69. The van der Waals surface area contributed by atoms with Crippen molar-refractivity contribution in [3.05, 3.63) is 18.2 Å². The van der Waals surface area contributed by atoms with Gasteiger partial charge in [-0.2, -0.15) is 0 Å². The number of carboxylic acid groups (broad SMARTS) is 1. The van der Waals surface area contributed by atoms with E-state index in [1.54, 1.807) is 0 Å². The highest BCUT2D eigenvalue weighted by molar-refractivity contribution is 5.93. The minimum absolute atomic E-state index is 0.0170.